The van der Waals surface area contributed by atoms with Gasteiger partial charge in [0.1, 0.15) is 0 Å². The maximum atomic E-state index is 10.9. The number of nitro benzene ring substituents is 1. The van der Waals surface area contributed by atoms with Crippen LogP contribution in [0.5, 0.6) is 0 Å². The van der Waals surface area contributed by atoms with E-state index in [2.05, 4.69) is 0 Å². The molecular weight excluding hydrogens is 238 g/mol. The molecule has 0 fully saturated rings. The van der Waals surface area contributed by atoms with Crippen molar-refractivity contribution in [2.24, 2.45) is 0 Å². The average molecular weight is 248 g/mol. The van der Waals surface area contributed by atoms with Crippen molar-refractivity contribution in [3.8, 4) is 11.1 Å². The predicted octanol–water partition coefficient (Wildman–Crippen LogP) is 4.22. The van der Waals surface area contributed by atoms with Crippen LogP contribution in [0, 0.1) is 17.0 Å². The molecule has 0 unspecified atom stereocenters. The Kier molecular flexibility index (Phi) is 3.11. The van der Waals surface area contributed by atoms with Crippen LogP contribution >= 0.6 is 11.6 Å². The number of rotatable bonds is 2. The number of hydrogen-bond acceptors (Lipinski definition) is 2. The van der Waals surface area contributed by atoms with Crippen LogP contribution in [0.3, 0.4) is 0 Å². The molecular formula is C13H10ClNO2. The molecule has 0 amide bonds. The fourth-order valence-corrected chi connectivity index (χ4v) is 1.81. The molecule has 0 atom stereocenters. The smallest absolute Gasteiger partial charge is 0.258 e. The Bertz CT molecular complexity index is 581. The third kappa shape index (κ3) is 2.29. The molecule has 0 radical (unpaired) electrons. The first-order valence-electron chi connectivity index (χ1n) is 5.09. The predicted molar refractivity (Wildman–Crippen MR) is 68.3 cm³/mol. The summed E-state index contributed by atoms with van der Waals surface area (Å²) in [4.78, 5) is 10.6. The average Bonchev–Trinajstić information content (AvgIpc) is 2.32. The summed E-state index contributed by atoms with van der Waals surface area (Å²) in [5, 5.41) is 11.6. The fraction of sp³-hybridized carbons (Fsp3) is 0.0769. The third-order valence-electron chi connectivity index (χ3n) is 2.57. The minimum atomic E-state index is -0.376. The van der Waals surface area contributed by atoms with Gasteiger partial charge in [0.15, 0.2) is 0 Å². The summed E-state index contributed by atoms with van der Waals surface area (Å²) in [5.41, 5.74) is 2.42. The lowest BCUT2D eigenvalue weighted by molar-refractivity contribution is -0.384. The molecule has 0 aliphatic rings. The molecule has 2 rings (SSSR count). The quantitative estimate of drug-likeness (QED) is 0.589. The van der Waals surface area contributed by atoms with Crippen LogP contribution in [0.2, 0.25) is 5.02 Å². The molecule has 0 saturated heterocycles. The van der Waals surface area contributed by atoms with E-state index in [4.69, 9.17) is 11.6 Å². The first kappa shape index (κ1) is 11.6. The lowest BCUT2D eigenvalue weighted by Gasteiger charge is -2.05. The monoisotopic (exact) mass is 247 g/mol. The van der Waals surface area contributed by atoms with Gasteiger partial charge in [-0.3, -0.25) is 10.1 Å². The highest BCUT2D eigenvalue weighted by Crippen LogP contribution is 2.31. The maximum absolute atomic E-state index is 10.9. The van der Waals surface area contributed by atoms with Crippen molar-refractivity contribution in [3.63, 3.8) is 0 Å². The molecule has 4 heteroatoms. The molecule has 0 heterocycles. The van der Waals surface area contributed by atoms with Crippen LogP contribution in [0.1, 0.15) is 5.56 Å². The first-order chi connectivity index (χ1) is 8.09. The summed E-state index contributed by atoms with van der Waals surface area (Å²) in [6.07, 6.45) is 0. The summed E-state index contributed by atoms with van der Waals surface area (Å²) in [6, 6.07) is 12.1. The molecule has 0 aliphatic heterocycles. The Hall–Kier alpha value is -1.87. The minimum absolute atomic E-state index is 0.106. The van der Waals surface area contributed by atoms with E-state index in [-0.39, 0.29) is 10.6 Å². The summed E-state index contributed by atoms with van der Waals surface area (Å²) < 4.78 is 0. The topological polar surface area (TPSA) is 43.1 Å². The van der Waals surface area contributed by atoms with Gasteiger partial charge in [0.25, 0.3) is 5.69 Å². The van der Waals surface area contributed by atoms with Crippen molar-refractivity contribution < 1.29 is 4.92 Å². The number of hydrogen-bond donors (Lipinski definition) is 0. The van der Waals surface area contributed by atoms with Crippen molar-refractivity contribution in [2.45, 2.75) is 6.92 Å². The standard InChI is InChI=1S/C13H10ClNO2/c1-9-8-10(6-7-12(9)14)11-4-2-3-5-13(11)15(16)17/h2-8H,1H3. The second-order valence-electron chi connectivity index (χ2n) is 3.74. The zero-order valence-corrected chi connectivity index (χ0v) is 9.94. The van der Waals surface area contributed by atoms with E-state index < -0.39 is 0 Å². The van der Waals surface area contributed by atoms with Crippen molar-refractivity contribution in [2.75, 3.05) is 0 Å². The fourth-order valence-electron chi connectivity index (χ4n) is 1.69. The Morgan fingerprint density at radius 1 is 1.18 bits per heavy atom. The van der Waals surface area contributed by atoms with Crippen molar-refractivity contribution in [3.05, 3.63) is 63.2 Å². The van der Waals surface area contributed by atoms with Crippen LogP contribution in [0.4, 0.5) is 5.69 Å². The van der Waals surface area contributed by atoms with Gasteiger partial charge in [0.05, 0.1) is 10.5 Å². The number of nitro groups is 1. The molecule has 2 aromatic carbocycles. The van der Waals surface area contributed by atoms with E-state index in [1.54, 1.807) is 30.3 Å². The van der Waals surface area contributed by atoms with Gasteiger partial charge in [-0.15, -0.1) is 0 Å². The van der Waals surface area contributed by atoms with Gasteiger partial charge in [-0.25, -0.2) is 0 Å². The number of nitrogens with zero attached hydrogens (tertiary/aromatic N) is 1. The van der Waals surface area contributed by atoms with Crippen LogP contribution < -0.4 is 0 Å². The van der Waals surface area contributed by atoms with E-state index in [0.29, 0.717) is 10.6 Å². The normalized spacial score (nSPS) is 10.2. The van der Waals surface area contributed by atoms with E-state index in [0.717, 1.165) is 11.1 Å². The summed E-state index contributed by atoms with van der Waals surface area (Å²) >= 11 is 5.94. The lowest BCUT2D eigenvalue weighted by Crippen LogP contribution is -1.91. The first-order valence-corrected chi connectivity index (χ1v) is 5.47. The second kappa shape index (κ2) is 4.55. The lowest BCUT2D eigenvalue weighted by atomic mass is 10.0. The van der Waals surface area contributed by atoms with E-state index >= 15 is 0 Å². The van der Waals surface area contributed by atoms with Gasteiger partial charge in [-0.1, -0.05) is 29.8 Å². The molecule has 0 aliphatic carbocycles. The van der Waals surface area contributed by atoms with Gasteiger partial charge in [-0.2, -0.15) is 0 Å². The van der Waals surface area contributed by atoms with Crippen LogP contribution in [0.25, 0.3) is 11.1 Å². The van der Waals surface area contributed by atoms with E-state index in [9.17, 15) is 10.1 Å². The van der Waals surface area contributed by atoms with Gasteiger partial charge >= 0.3 is 0 Å². The molecule has 0 aromatic heterocycles. The number of halogens is 1. The maximum Gasteiger partial charge on any atom is 0.277 e. The van der Waals surface area contributed by atoms with Crippen LogP contribution in [-0.2, 0) is 0 Å². The zero-order chi connectivity index (χ0) is 12.4. The Labute approximate surface area is 104 Å². The molecule has 0 N–H and O–H groups in total. The summed E-state index contributed by atoms with van der Waals surface area (Å²) in [5.74, 6) is 0. The van der Waals surface area contributed by atoms with Gasteiger partial charge < -0.3 is 0 Å². The minimum Gasteiger partial charge on any atom is -0.258 e. The molecule has 0 saturated carbocycles. The van der Waals surface area contributed by atoms with Gasteiger partial charge in [-0.05, 0) is 36.2 Å². The third-order valence-corrected chi connectivity index (χ3v) is 2.99. The zero-order valence-electron chi connectivity index (χ0n) is 9.18. The van der Waals surface area contributed by atoms with Crippen LogP contribution in [-0.4, -0.2) is 4.92 Å². The number of benzene rings is 2. The van der Waals surface area contributed by atoms with E-state index in [1.807, 2.05) is 13.0 Å². The molecule has 0 bridgehead atoms. The van der Waals surface area contributed by atoms with Crippen molar-refractivity contribution >= 4 is 17.3 Å². The highest BCUT2D eigenvalue weighted by Gasteiger charge is 2.14. The Morgan fingerprint density at radius 2 is 1.88 bits per heavy atom. The van der Waals surface area contributed by atoms with E-state index in [1.165, 1.54) is 6.07 Å². The molecule has 86 valence electrons. The Morgan fingerprint density at radius 3 is 2.53 bits per heavy atom. The van der Waals surface area contributed by atoms with Gasteiger partial charge in [0, 0.05) is 11.1 Å². The summed E-state index contributed by atoms with van der Waals surface area (Å²) in [7, 11) is 0. The Balaban J connectivity index is 2.60. The molecule has 2 aromatic rings. The van der Waals surface area contributed by atoms with Crippen molar-refractivity contribution in [1.29, 1.82) is 0 Å². The van der Waals surface area contributed by atoms with Crippen molar-refractivity contribution in [1.82, 2.24) is 0 Å². The largest absolute Gasteiger partial charge is 0.277 e. The van der Waals surface area contributed by atoms with Crippen LogP contribution in [0.15, 0.2) is 42.5 Å². The summed E-state index contributed by atoms with van der Waals surface area (Å²) in [6.45, 7) is 1.88. The highest BCUT2D eigenvalue weighted by atomic mass is 35.5. The SMILES string of the molecule is Cc1cc(-c2ccccc2[N+](=O)[O-])ccc1Cl. The van der Waals surface area contributed by atoms with Gasteiger partial charge in [0.2, 0.25) is 0 Å². The number of aryl methyl sites for hydroxylation is 1. The molecule has 3 nitrogen and oxygen atoms in total. The molecule has 0 spiro atoms. The molecule has 17 heavy (non-hydrogen) atoms. The number of para-hydroxylation sites is 1. The highest BCUT2D eigenvalue weighted by molar-refractivity contribution is 6.31. The second-order valence-corrected chi connectivity index (χ2v) is 4.15.